The van der Waals surface area contributed by atoms with Gasteiger partial charge in [-0.25, -0.2) is 0 Å². The smallest absolute Gasteiger partial charge is 0.387 e. The molecule has 5 nitrogen and oxygen atoms in total. The number of carbonyl (C=O) groups excluding carboxylic acids is 1. The number of rotatable bonds is 6. The molecule has 7 rings (SSSR count). The van der Waals surface area contributed by atoms with E-state index in [9.17, 15) is 4.79 Å². The van der Waals surface area contributed by atoms with Crippen molar-refractivity contribution in [3.8, 4) is 0 Å². The van der Waals surface area contributed by atoms with Crippen LogP contribution in [0.2, 0.25) is 0 Å². The van der Waals surface area contributed by atoms with Crippen LogP contribution in [0, 0.1) is 0 Å². The highest BCUT2D eigenvalue weighted by Gasteiger charge is 2.13. The van der Waals surface area contributed by atoms with Crippen LogP contribution in [0.25, 0.3) is 43.5 Å². The number of hydrogen-bond donors (Lipinski definition) is 1. The third kappa shape index (κ3) is 5.09. The van der Waals surface area contributed by atoms with Crippen LogP contribution in [0.4, 0.5) is 0 Å². The quantitative estimate of drug-likeness (QED) is 0.222. The Balaban J connectivity index is 1.24. The summed E-state index contributed by atoms with van der Waals surface area (Å²) in [6.07, 6.45) is 0. The zero-order valence-corrected chi connectivity index (χ0v) is 23.0. The molecule has 6 heteroatoms. The molecule has 1 N–H and O–H groups in total. The number of carbonyl (C=O) groups is 1. The highest BCUT2D eigenvalue weighted by atomic mass is 31.1. The number of nitrogens with one attached hydrogen (secondary N) is 1. The topological polar surface area (TPSA) is 64.6 Å². The molecule has 0 spiro atoms. The molecule has 0 unspecified atom stereocenters. The van der Waals surface area contributed by atoms with Crippen LogP contribution < -0.4 is 9.84 Å². The molecule has 0 aliphatic carbocycles. The van der Waals surface area contributed by atoms with Crippen molar-refractivity contribution in [2.45, 2.75) is 13.2 Å². The van der Waals surface area contributed by atoms with Gasteiger partial charge >= 0.3 is 8.24 Å². The van der Waals surface area contributed by atoms with Crippen molar-refractivity contribution in [2.24, 2.45) is 0 Å². The molecule has 1 heterocycles. The van der Waals surface area contributed by atoms with E-state index >= 15 is 0 Å². The molecule has 1 amide bonds. The van der Waals surface area contributed by atoms with Gasteiger partial charge in [-0.3, -0.25) is 9.32 Å². The van der Waals surface area contributed by atoms with E-state index in [1.54, 1.807) is 12.1 Å². The van der Waals surface area contributed by atoms with E-state index in [0.29, 0.717) is 18.7 Å². The molecule has 1 aromatic heterocycles. The summed E-state index contributed by atoms with van der Waals surface area (Å²) in [6.45, 7) is 0.724. The van der Waals surface area contributed by atoms with Gasteiger partial charge in [0, 0.05) is 22.9 Å². The van der Waals surface area contributed by atoms with E-state index in [1.165, 1.54) is 0 Å². The van der Waals surface area contributed by atoms with E-state index in [1.807, 2.05) is 78.9 Å². The van der Waals surface area contributed by atoms with Crippen LogP contribution >= 0.6 is 8.24 Å². The summed E-state index contributed by atoms with van der Waals surface area (Å²) in [7, 11) is -1.73. The maximum Gasteiger partial charge on any atom is 0.387 e. The first kappa shape index (κ1) is 25.2. The van der Waals surface area contributed by atoms with Gasteiger partial charge in [-0.2, -0.15) is 0 Å². The zero-order valence-electron chi connectivity index (χ0n) is 22.1. The van der Waals surface area contributed by atoms with Crippen LogP contribution in [-0.4, -0.2) is 5.91 Å². The lowest BCUT2D eigenvalue weighted by atomic mass is 9.99. The minimum atomic E-state index is -1.73. The normalized spacial score (nSPS) is 11.3. The molecule has 7 aromatic rings. The number of amides is 1. The minimum Gasteiger partial charge on any atom is -0.399 e. The van der Waals surface area contributed by atoms with Crippen LogP contribution in [0.1, 0.15) is 21.5 Å². The lowest BCUT2D eigenvalue weighted by Crippen LogP contribution is -2.22. The summed E-state index contributed by atoms with van der Waals surface area (Å²) in [5.74, 6) is -0.103. The molecule has 0 bridgehead atoms. The largest absolute Gasteiger partial charge is 0.399 e. The van der Waals surface area contributed by atoms with Crippen LogP contribution in [-0.2, 0) is 13.2 Å². The fraction of sp³-hybridized carbons (Fsp3) is 0.0571. The molecule has 0 saturated heterocycles. The Morgan fingerprint density at radius 3 is 1.88 bits per heavy atom. The minimum absolute atomic E-state index is 0.103. The maximum absolute atomic E-state index is 12.5. The number of fused-ring (bicyclic) bond motifs is 7. The lowest BCUT2D eigenvalue weighted by Gasteiger charge is -2.07. The van der Waals surface area contributed by atoms with Gasteiger partial charge in [0.05, 0.1) is 6.61 Å². The predicted octanol–water partition coefficient (Wildman–Crippen LogP) is 9.16. The summed E-state index contributed by atoms with van der Waals surface area (Å²) in [5, 5.41) is 9.49. The van der Waals surface area contributed by atoms with Crippen molar-refractivity contribution in [1.29, 1.82) is 0 Å². The first-order valence-corrected chi connectivity index (χ1v) is 14.6. The van der Waals surface area contributed by atoms with Crippen molar-refractivity contribution < 1.29 is 17.7 Å². The first-order chi connectivity index (χ1) is 20.2. The molecule has 0 saturated carbocycles. The van der Waals surface area contributed by atoms with Gasteiger partial charge in [-0.1, -0.05) is 103 Å². The standard InChI is InChI=1S/C35H26NO4P/c37-35(28-13-2-1-3-14-28)36-22-24-9-8-10-25(21-24)23-38-41-39-31-19-17-26-11-4-6-15-29(26)33(31)34-30-16-7-5-12-27(30)18-20-32(34)40-41/h1-21H,22-23H2,(H,36,37). The second kappa shape index (κ2) is 11.0. The zero-order chi connectivity index (χ0) is 27.6. The molecule has 0 aliphatic rings. The second-order valence-corrected chi connectivity index (χ2v) is 10.9. The third-order valence-electron chi connectivity index (χ3n) is 7.19. The predicted molar refractivity (Wildman–Crippen MR) is 166 cm³/mol. The summed E-state index contributed by atoms with van der Waals surface area (Å²) >= 11 is 0. The molecular formula is C35H26NO4P. The summed E-state index contributed by atoms with van der Waals surface area (Å²) in [6, 6.07) is 42.0. The van der Waals surface area contributed by atoms with Crippen LogP contribution in [0.3, 0.4) is 0 Å². The van der Waals surface area contributed by atoms with Crippen molar-refractivity contribution >= 4 is 57.6 Å². The third-order valence-corrected chi connectivity index (χ3v) is 8.23. The highest BCUT2D eigenvalue weighted by molar-refractivity contribution is 7.31. The Morgan fingerprint density at radius 2 is 1.22 bits per heavy atom. The van der Waals surface area contributed by atoms with E-state index in [0.717, 1.165) is 54.6 Å². The van der Waals surface area contributed by atoms with Gasteiger partial charge in [-0.15, -0.1) is 0 Å². The fourth-order valence-electron chi connectivity index (χ4n) is 5.23. The summed E-state index contributed by atoms with van der Waals surface area (Å²) in [5.41, 5.74) is 4.07. The molecule has 6 aromatic carbocycles. The monoisotopic (exact) mass is 555 g/mol. The average Bonchev–Trinajstić information content (AvgIpc) is 3.20. The maximum atomic E-state index is 12.5. The molecule has 0 radical (unpaired) electrons. The van der Waals surface area contributed by atoms with Crippen molar-refractivity contribution in [1.82, 2.24) is 5.32 Å². The van der Waals surface area contributed by atoms with E-state index in [4.69, 9.17) is 12.9 Å². The van der Waals surface area contributed by atoms with E-state index in [-0.39, 0.29) is 5.91 Å². The molecule has 0 aliphatic heterocycles. The molecule has 200 valence electrons. The van der Waals surface area contributed by atoms with Crippen molar-refractivity contribution in [3.63, 3.8) is 0 Å². The lowest BCUT2D eigenvalue weighted by molar-refractivity contribution is 0.0951. The van der Waals surface area contributed by atoms with Crippen molar-refractivity contribution in [2.75, 3.05) is 0 Å². The Hall–Kier alpha value is -4.83. The van der Waals surface area contributed by atoms with Crippen LogP contribution in [0.15, 0.2) is 136 Å². The first-order valence-electron chi connectivity index (χ1n) is 13.5. The van der Waals surface area contributed by atoms with Gasteiger partial charge < -0.3 is 13.7 Å². The van der Waals surface area contributed by atoms with Gasteiger partial charge in [0.2, 0.25) is 0 Å². The molecule has 41 heavy (non-hydrogen) atoms. The number of hydrogen-bond acceptors (Lipinski definition) is 4. The molecule has 0 fully saturated rings. The Morgan fingerprint density at radius 1 is 0.634 bits per heavy atom. The number of benzene rings is 6. The van der Waals surface area contributed by atoms with Gasteiger partial charge in [0.25, 0.3) is 5.91 Å². The Bertz CT molecular complexity index is 1990. The second-order valence-electron chi connectivity index (χ2n) is 9.87. The fourth-order valence-corrected chi connectivity index (χ4v) is 6.26. The summed E-state index contributed by atoms with van der Waals surface area (Å²) < 4.78 is 19.1. The Labute approximate surface area is 237 Å². The van der Waals surface area contributed by atoms with E-state index < -0.39 is 8.24 Å². The van der Waals surface area contributed by atoms with Crippen LogP contribution in [0.5, 0.6) is 0 Å². The Kier molecular flexibility index (Phi) is 6.73. The van der Waals surface area contributed by atoms with E-state index in [2.05, 4.69) is 41.7 Å². The van der Waals surface area contributed by atoms with Gasteiger partial charge in [0.15, 0.2) is 0 Å². The highest BCUT2D eigenvalue weighted by Crippen LogP contribution is 2.40. The molecule has 0 atom stereocenters. The van der Waals surface area contributed by atoms with Crippen molar-refractivity contribution in [3.05, 3.63) is 144 Å². The SMILES string of the molecule is O=C(NCc1cccc(COp2oc3ccc4ccccc4c3c3c(ccc4ccccc43)o2)c1)c1ccccc1. The summed E-state index contributed by atoms with van der Waals surface area (Å²) in [4.78, 5) is 12.5. The average molecular weight is 556 g/mol. The molecular weight excluding hydrogens is 529 g/mol. The van der Waals surface area contributed by atoms with Gasteiger partial charge in [-0.05, 0) is 56.9 Å². The van der Waals surface area contributed by atoms with Gasteiger partial charge in [0.1, 0.15) is 11.2 Å².